The fraction of sp³-hybridized carbons (Fsp3) is 0.611. The maximum absolute atomic E-state index is 12.1. The van der Waals surface area contributed by atoms with Crippen LogP contribution in [0, 0.1) is 5.92 Å². The Bertz CT molecular complexity index is 798. The topological polar surface area (TPSA) is 78.8 Å². The lowest BCUT2D eigenvalue weighted by Crippen LogP contribution is -2.60. The Morgan fingerprint density at radius 3 is 2.96 bits per heavy atom. The van der Waals surface area contributed by atoms with Crippen LogP contribution in [0.4, 0.5) is 0 Å². The highest BCUT2D eigenvalue weighted by molar-refractivity contribution is 7.00. The van der Waals surface area contributed by atoms with Gasteiger partial charge in [0.2, 0.25) is 5.91 Å². The number of carbonyl (C=O) groups excluding carboxylic acids is 1. The molecule has 0 spiro atoms. The van der Waals surface area contributed by atoms with Crippen LogP contribution in [0.2, 0.25) is 0 Å². The molecule has 1 aromatic carbocycles. The Morgan fingerprint density at radius 1 is 1.31 bits per heavy atom. The van der Waals surface area contributed by atoms with Gasteiger partial charge in [0.25, 0.3) is 0 Å². The van der Waals surface area contributed by atoms with E-state index in [0.717, 1.165) is 37.1 Å². The highest BCUT2D eigenvalue weighted by Gasteiger charge is 2.45. The van der Waals surface area contributed by atoms with E-state index in [1.165, 1.54) is 24.4 Å². The number of carbonyl (C=O) groups is 1. The van der Waals surface area contributed by atoms with E-state index in [1.807, 2.05) is 11.0 Å². The van der Waals surface area contributed by atoms with E-state index in [-0.39, 0.29) is 18.4 Å². The molecule has 2 aliphatic rings. The Kier molecular flexibility index (Phi) is 4.92. The average molecular weight is 376 g/mol. The summed E-state index contributed by atoms with van der Waals surface area (Å²) in [5, 5.41) is 11.0. The first kappa shape index (κ1) is 17.8. The number of hydrogen-bond donors (Lipinski definition) is 1. The van der Waals surface area contributed by atoms with Gasteiger partial charge < -0.3 is 14.7 Å². The van der Waals surface area contributed by atoms with Gasteiger partial charge in [-0.05, 0) is 30.5 Å². The zero-order valence-electron chi connectivity index (χ0n) is 14.9. The second-order valence-corrected chi connectivity index (χ2v) is 7.92. The molecular weight excluding hydrogens is 352 g/mol. The van der Waals surface area contributed by atoms with Crippen molar-refractivity contribution in [3.8, 4) is 0 Å². The number of benzene rings is 1. The summed E-state index contributed by atoms with van der Waals surface area (Å²) in [6, 6.07) is 6.20. The molecule has 0 radical (unpaired) electrons. The predicted molar refractivity (Wildman–Crippen MR) is 98.8 cm³/mol. The van der Waals surface area contributed by atoms with Crippen molar-refractivity contribution in [2.45, 2.75) is 25.0 Å². The molecule has 0 saturated carbocycles. The van der Waals surface area contributed by atoms with Crippen molar-refractivity contribution in [2.75, 3.05) is 39.9 Å². The summed E-state index contributed by atoms with van der Waals surface area (Å²) < 4.78 is 13.5. The van der Waals surface area contributed by atoms with Crippen LogP contribution in [-0.4, -0.2) is 75.1 Å². The number of likely N-dealkylation sites (tertiary alicyclic amines) is 2. The van der Waals surface area contributed by atoms with Crippen molar-refractivity contribution in [1.29, 1.82) is 0 Å². The summed E-state index contributed by atoms with van der Waals surface area (Å²) in [6.07, 6.45) is 1.40. The SMILES string of the molecule is COCC(=O)N1CC[C@]2(O)CCN(Cc3ccc4nsnc4c3)C[C@@H]2C1. The number of hydrogen-bond acceptors (Lipinski definition) is 7. The molecule has 4 rings (SSSR count). The highest BCUT2D eigenvalue weighted by atomic mass is 32.1. The summed E-state index contributed by atoms with van der Waals surface area (Å²) in [6.45, 7) is 3.81. The van der Waals surface area contributed by atoms with Crippen molar-refractivity contribution < 1.29 is 14.6 Å². The summed E-state index contributed by atoms with van der Waals surface area (Å²) in [4.78, 5) is 16.3. The number of piperidine rings is 2. The second kappa shape index (κ2) is 7.19. The third-order valence-corrected chi connectivity index (χ3v) is 6.26. The number of nitrogens with zero attached hydrogens (tertiary/aromatic N) is 4. The normalized spacial score (nSPS) is 26.8. The van der Waals surface area contributed by atoms with Gasteiger partial charge in [-0.15, -0.1) is 0 Å². The average Bonchev–Trinajstić information content (AvgIpc) is 3.09. The molecule has 26 heavy (non-hydrogen) atoms. The molecule has 8 heteroatoms. The van der Waals surface area contributed by atoms with Crippen LogP contribution in [0.3, 0.4) is 0 Å². The molecule has 2 aromatic rings. The van der Waals surface area contributed by atoms with Crippen LogP contribution in [-0.2, 0) is 16.1 Å². The molecule has 3 heterocycles. The quantitative estimate of drug-likeness (QED) is 0.862. The smallest absolute Gasteiger partial charge is 0.248 e. The molecule has 1 amide bonds. The third-order valence-electron chi connectivity index (χ3n) is 5.70. The number of methoxy groups -OCH3 is 1. The lowest BCUT2D eigenvalue weighted by Gasteiger charge is -2.50. The minimum absolute atomic E-state index is 0.00755. The predicted octanol–water partition coefficient (Wildman–Crippen LogP) is 1.12. The van der Waals surface area contributed by atoms with Gasteiger partial charge in [-0.1, -0.05) is 6.07 Å². The van der Waals surface area contributed by atoms with E-state index < -0.39 is 5.60 Å². The number of aliphatic hydroxyl groups is 1. The van der Waals surface area contributed by atoms with Crippen molar-refractivity contribution in [3.05, 3.63) is 23.8 Å². The lowest BCUT2D eigenvalue weighted by atomic mass is 9.75. The standard InChI is InChI=1S/C18H24N4O3S/c1-25-12-17(23)22-7-5-18(24)4-6-21(10-14(18)11-22)9-13-2-3-15-16(8-13)20-26-19-15/h2-3,8,14,24H,4-7,9-12H2,1H3/t14-,18-/m1/s1. The van der Waals surface area contributed by atoms with Gasteiger partial charge in [-0.25, -0.2) is 0 Å². The number of ether oxygens (including phenoxy) is 1. The molecular formula is C18H24N4O3S. The molecule has 0 aliphatic carbocycles. The summed E-state index contributed by atoms with van der Waals surface area (Å²) >= 11 is 1.23. The first-order chi connectivity index (χ1) is 12.6. The summed E-state index contributed by atoms with van der Waals surface area (Å²) in [5.74, 6) is 0.0867. The van der Waals surface area contributed by atoms with Crippen LogP contribution in [0.5, 0.6) is 0 Å². The van der Waals surface area contributed by atoms with Gasteiger partial charge in [-0.2, -0.15) is 8.75 Å². The number of amides is 1. The minimum Gasteiger partial charge on any atom is -0.389 e. The van der Waals surface area contributed by atoms with E-state index in [0.29, 0.717) is 19.5 Å². The van der Waals surface area contributed by atoms with Crippen LogP contribution in [0.25, 0.3) is 11.0 Å². The zero-order valence-corrected chi connectivity index (χ0v) is 15.7. The van der Waals surface area contributed by atoms with Crippen LogP contribution < -0.4 is 0 Å². The molecule has 2 aliphatic heterocycles. The lowest BCUT2D eigenvalue weighted by molar-refractivity contribution is -0.150. The monoisotopic (exact) mass is 376 g/mol. The van der Waals surface area contributed by atoms with Gasteiger partial charge >= 0.3 is 0 Å². The maximum atomic E-state index is 12.1. The third kappa shape index (κ3) is 3.46. The molecule has 2 saturated heterocycles. The second-order valence-electron chi connectivity index (χ2n) is 7.40. The van der Waals surface area contributed by atoms with Crippen molar-refractivity contribution in [2.24, 2.45) is 5.92 Å². The molecule has 0 bridgehead atoms. The van der Waals surface area contributed by atoms with Crippen molar-refractivity contribution >= 4 is 28.7 Å². The van der Waals surface area contributed by atoms with E-state index in [9.17, 15) is 9.90 Å². The Hall–Kier alpha value is -1.61. The first-order valence-electron chi connectivity index (χ1n) is 9.00. The maximum Gasteiger partial charge on any atom is 0.248 e. The van der Waals surface area contributed by atoms with Crippen LogP contribution >= 0.6 is 11.7 Å². The van der Waals surface area contributed by atoms with Crippen LogP contribution in [0.1, 0.15) is 18.4 Å². The van der Waals surface area contributed by atoms with Gasteiger partial charge in [-0.3, -0.25) is 9.69 Å². The molecule has 140 valence electrons. The highest BCUT2D eigenvalue weighted by Crippen LogP contribution is 2.36. The van der Waals surface area contributed by atoms with E-state index in [1.54, 1.807) is 0 Å². The van der Waals surface area contributed by atoms with E-state index in [4.69, 9.17) is 4.74 Å². The van der Waals surface area contributed by atoms with Gasteiger partial charge in [0.15, 0.2) is 0 Å². The molecule has 7 nitrogen and oxygen atoms in total. The Labute approximate surface area is 156 Å². The van der Waals surface area contributed by atoms with E-state index in [2.05, 4.69) is 25.8 Å². The first-order valence-corrected chi connectivity index (χ1v) is 9.73. The van der Waals surface area contributed by atoms with Gasteiger partial charge in [0.05, 0.1) is 17.3 Å². The number of rotatable bonds is 4. The molecule has 2 atom stereocenters. The number of aromatic nitrogens is 2. The minimum atomic E-state index is -0.650. The zero-order chi connectivity index (χ0) is 18.1. The van der Waals surface area contributed by atoms with Crippen molar-refractivity contribution in [3.63, 3.8) is 0 Å². The molecule has 1 aromatic heterocycles. The van der Waals surface area contributed by atoms with Gasteiger partial charge in [0.1, 0.15) is 17.6 Å². The number of fused-ring (bicyclic) bond motifs is 2. The van der Waals surface area contributed by atoms with Crippen LogP contribution in [0.15, 0.2) is 18.2 Å². The van der Waals surface area contributed by atoms with Gasteiger partial charge in [0, 0.05) is 45.8 Å². The van der Waals surface area contributed by atoms with Crippen molar-refractivity contribution in [1.82, 2.24) is 18.5 Å². The fourth-order valence-electron chi connectivity index (χ4n) is 4.14. The fourth-order valence-corrected chi connectivity index (χ4v) is 4.66. The summed E-state index contributed by atoms with van der Waals surface area (Å²) in [7, 11) is 1.54. The summed E-state index contributed by atoms with van der Waals surface area (Å²) in [5.41, 5.74) is 2.43. The Balaban J connectivity index is 1.43. The Morgan fingerprint density at radius 2 is 2.12 bits per heavy atom. The molecule has 0 unspecified atom stereocenters. The van der Waals surface area contributed by atoms with E-state index >= 15 is 0 Å². The largest absolute Gasteiger partial charge is 0.389 e. The molecule has 1 N–H and O–H groups in total. The molecule has 2 fully saturated rings.